The molecule has 0 N–H and O–H groups in total. The lowest BCUT2D eigenvalue weighted by atomic mass is 10.1. The van der Waals surface area contributed by atoms with Crippen LogP contribution in [0.15, 0.2) is 72.2 Å². The van der Waals surface area contributed by atoms with Crippen molar-refractivity contribution in [1.82, 2.24) is 4.90 Å². The Bertz CT molecular complexity index is 497. The first kappa shape index (κ1) is 15.0. The Morgan fingerprint density at radius 1 is 1.32 bits per heavy atom. The van der Waals surface area contributed by atoms with Gasteiger partial charge in [-0.05, 0) is 29.7 Å². The smallest absolute Gasteiger partial charge is 0.168 e. The fourth-order valence-electron chi connectivity index (χ4n) is 1.55. The van der Waals surface area contributed by atoms with Crippen LogP contribution in [0, 0.1) is 0 Å². The van der Waals surface area contributed by atoms with Gasteiger partial charge >= 0.3 is 0 Å². The summed E-state index contributed by atoms with van der Waals surface area (Å²) in [6.45, 7) is 7.73. The van der Waals surface area contributed by atoms with Crippen LogP contribution in [0.25, 0.3) is 0 Å². The molecule has 0 saturated carbocycles. The van der Waals surface area contributed by atoms with Gasteiger partial charge in [0.05, 0.1) is 0 Å². The first-order chi connectivity index (χ1) is 8.99. The molecule has 0 atom stereocenters. The molecule has 2 heteroatoms. The summed E-state index contributed by atoms with van der Waals surface area (Å²) in [7, 11) is 5.99. The Morgan fingerprint density at radius 2 is 2.05 bits per heavy atom. The second-order valence-corrected chi connectivity index (χ2v) is 4.82. The molecule has 19 heavy (non-hydrogen) atoms. The molecule has 0 aliphatic heterocycles. The molecule has 0 heterocycles. The van der Waals surface area contributed by atoms with Crippen LogP contribution in [0.1, 0.15) is 6.42 Å². The SMILES string of the molecule is C=C(/C=C\[N+](=C)C)/C=C/C1=CC=C(N(C)C)C=CC1. The molecule has 0 radical (unpaired) electrons. The molecule has 0 amide bonds. The Morgan fingerprint density at radius 3 is 2.68 bits per heavy atom. The largest absolute Gasteiger partial charge is 0.378 e. The number of allylic oxidation sites excluding steroid dienone is 9. The molecule has 1 aliphatic rings. The van der Waals surface area contributed by atoms with Gasteiger partial charge in [0.25, 0.3) is 0 Å². The highest BCUT2D eigenvalue weighted by molar-refractivity contribution is 5.38. The van der Waals surface area contributed by atoms with Crippen molar-refractivity contribution in [2.24, 2.45) is 0 Å². The number of hydrogen-bond acceptors (Lipinski definition) is 1. The van der Waals surface area contributed by atoms with E-state index in [1.165, 1.54) is 11.3 Å². The Hall–Kier alpha value is -2.09. The number of likely N-dealkylation sites (N-methyl/N-ethyl adjacent to an activating group) is 1. The van der Waals surface area contributed by atoms with E-state index in [1.54, 1.807) is 4.58 Å². The van der Waals surface area contributed by atoms with E-state index in [2.05, 4.69) is 48.6 Å². The van der Waals surface area contributed by atoms with Crippen LogP contribution in [0.3, 0.4) is 0 Å². The molecule has 100 valence electrons. The van der Waals surface area contributed by atoms with Crippen LogP contribution >= 0.6 is 0 Å². The van der Waals surface area contributed by atoms with Crippen LogP contribution in [0.4, 0.5) is 0 Å². The third-order valence-corrected chi connectivity index (χ3v) is 2.68. The molecule has 0 aromatic rings. The fourth-order valence-corrected chi connectivity index (χ4v) is 1.55. The summed E-state index contributed by atoms with van der Waals surface area (Å²) in [6, 6.07) is 0. The minimum Gasteiger partial charge on any atom is -0.378 e. The lowest BCUT2D eigenvalue weighted by molar-refractivity contribution is -0.412. The Balaban J connectivity index is 2.70. The van der Waals surface area contributed by atoms with Gasteiger partial charge in [0.1, 0.15) is 13.8 Å². The monoisotopic (exact) mass is 255 g/mol. The van der Waals surface area contributed by atoms with Crippen molar-refractivity contribution < 1.29 is 4.58 Å². The van der Waals surface area contributed by atoms with Crippen LogP contribution < -0.4 is 0 Å². The maximum Gasteiger partial charge on any atom is 0.168 e. The molecule has 0 aromatic heterocycles. The molecule has 1 aliphatic carbocycles. The maximum absolute atomic E-state index is 3.98. The van der Waals surface area contributed by atoms with E-state index in [1.807, 2.05) is 39.5 Å². The summed E-state index contributed by atoms with van der Waals surface area (Å²) >= 11 is 0. The topological polar surface area (TPSA) is 6.25 Å². The summed E-state index contributed by atoms with van der Waals surface area (Å²) in [5.74, 6) is 0. The molecule has 0 bridgehead atoms. The lowest BCUT2D eigenvalue weighted by Crippen LogP contribution is -2.08. The summed E-state index contributed by atoms with van der Waals surface area (Å²) < 4.78 is 1.75. The molecule has 0 fully saturated rings. The van der Waals surface area contributed by atoms with Crippen LogP contribution in [0.2, 0.25) is 0 Å². The minimum atomic E-state index is 0.941. The average Bonchev–Trinajstić information content (AvgIpc) is 2.59. The van der Waals surface area contributed by atoms with E-state index in [4.69, 9.17) is 0 Å². The van der Waals surface area contributed by atoms with Gasteiger partial charge in [-0.1, -0.05) is 30.9 Å². The van der Waals surface area contributed by atoms with Crippen molar-refractivity contribution >= 4 is 6.72 Å². The van der Waals surface area contributed by atoms with Crippen LogP contribution in [-0.2, 0) is 0 Å². The van der Waals surface area contributed by atoms with Crippen molar-refractivity contribution in [1.29, 1.82) is 0 Å². The molecule has 1 rings (SSSR count). The fraction of sp³-hybridized carbons (Fsp3) is 0.235. The first-order valence-corrected chi connectivity index (χ1v) is 6.32. The molecular formula is C17H23N2+. The maximum atomic E-state index is 3.98. The van der Waals surface area contributed by atoms with Crippen LogP contribution in [-0.4, -0.2) is 37.3 Å². The highest BCUT2D eigenvalue weighted by Gasteiger charge is 1.98. The summed E-state index contributed by atoms with van der Waals surface area (Å²) in [5.41, 5.74) is 3.44. The second-order valence-electron chi connectivity index (χ2n) is 4.82. The van der Waals surface area contributed by atoms with Gasteiger partial charge in [-0.3, -0.25) is 0 Å². The zero-order valence-corrected chi connectivity index (χ0v) is 12.1. The van der Waals surface area contributed by atoms with Crippen molar-refractivity contribution in [2.45, 2.75) is 6.42 Å². The predicted molar refractivity (Wildman–Crippen MR) is 84.3 cm³/mol. The van der Waals surface area contributed by atoms with Crippen molar-refractivity contribution in [3.05, 3.63) is 72.2 Å². The lowest BCUT2D eigenvalue weighted by Gasteiger charge is -2.11. The number of rotatable bonds is 5. The van der Waals surface area contributed by atoms with E-state index in [0.29, 0.717) is 0 Å². The first-order valence-electron chi connectivity index (χ1n) is 6.32. The van der Waals surface area contributed by atoms with E-state index in [9.17, 15) is 0 Å². The van der Waals surface area contributed by atoms with Gasteiger partial charge < -0.3 is 4.90 Å². The minimum absolute atomic E-state index is 0.941. The molecule has 0 spiro atoms. The Labute approximate surface area is 116 Å². The van der Waals surface area contributed by atoms with E-state index < -0.39 is 0 Å². The highest BCUT2D eigenvalue weighted by atomic mass is 15.1. The van der Waals surface area contributed by atoms with E-state index in [-0.39, 0.29) is 0 Å². The zero-order chi connectivity index (χ0) is 14.3. The van der Waals surface area contributed by atoms with Gasteiger partial charge in [0, 0.05) is 25.9 Å². The summed E-state index contributed by atoms with van der Waals surface area (Å²) in [4.78, 5) is 2.10. The standard InChI is InChI=1S/C17H23N2/c1-15(13-14-18(2)3)9-10-16-7-6-8-17(12-11-16)19(4)5/h6,8-14H,1-2,7H2,3-5H3/q+1/b10-9+,14-13-. The second kappa shape index (κ2) is 7.37. The van der Waals surface area contributed by atoms with Gasteiger partial charge in [-0.2, -0.15) is 0 Å². The van der Waals surface area contributed by atoms with Crippen molar-refractivity contribution in [2.75, 3.05) is 21.1 Å². The van der Waals surface area contributed by atoms with Gasteiger partial charge in [0.2, 0.25) is 0 Å². The van der Waals surface area contributed by atoms with E-state index >= 15 is 0 Å². The summed E-state index contributed by atoms with van der Waals surface area (Å²) in [5, 5.41) is 0. The third kappa shape index (κ3) is 5.87. The molecule has 0 saturated heterocycles. The Kier molecular flexibility index (Phi) is 5.80. The van der Waals surface area contributed by atoms with Crippen LogP contribution in [0.5, 0.6) is 0 Å². The molecule has 0 aromatic carbocycles. The number of nitrogens with zero attached hydrogens (tertiary/aromatic N) is 2. The molecule has 0 unspecified atom stereocenters. The van der Waals surface area contributed by atoms with Gasteiger partial charge in [0.15, 0.2) is 6.20 Å². The van der Waals surface area contributed by atoms with E-state index in [0.717, 1.165) is 12.0 Å². The highest BCUT2D eigenvalue weighted by Crippen LogP contribution is 2.14. The molecular weight excluding hydrogens is 232 g/mol. The van der Waals surface area contributed by atoms with Crippen molar-refractivity contribution in [3.63, 3.8) is 0 Å². The number of hydrogen-bond donors (Lipinski definition) is 0. The van der Waals surface area contributed by atoms with Gasteiger partial charge in [-0.15, -0.1) is 0 Å². The van der Waals surface area contributed by atoms with Crippen molar-refractivity contribution in [3.8, 4) is 0 Å². The third-order valence-electron chi connectivity index (χ3n) is 2.68. The van der Waals surface area contributed by atoms with Gasteiger partial charge in [-0.25, -0.2) is 4.58 Å². The average molecular weight is 255 g/mol. The zero-order valence-electron chi connectivity index (χ0n) is 12.1. The molecule has 2 nitrogen and oxygen atoms in total. The predicted octanol–water partition coefficient (Wildman–Crippen LogP) is 3.29. The summed E-state index contributed by atoms with van der Waals surface area (Å²) in [6.07, 6.45) is 17.5. The quantitative estimate of drug-likeness (QED) is 0.415. The normalized spacial score (nSPS) is 15.3.